The molecule has 92 valence electrons. The average Bonchev–Trinajstić information content (AvgIpc) is 2.39. The normalized spacial score (nSPS) is 12.1. The fraction of sp³-hybridized carbons (Fsp3) is 0.188. The fourth-order valence-electron chi connectivity index (χ4n) is 1.95. The lowest BCUT2D eigenvalue weighted by Crippen LogP contribution is -2.04. The Labute approximate surface area is 112 Å². The lowest BCUT2D eigenvalue weighted by atomic mass is 9.93. The second-order valence-electron chi connectivity index (χ2n) is 4.45. The molecule has 0 saturated heterocycles. The summed E-state index contributed by atoms with van der Waals surface area (Å²) >= 11 is 5.96. The molecule has 1 nitrogen and oxygen atoms in total. The fourth-order valence-corrected chi connectivity index (χ4v) is 2.15. The molecule has 0 saturated carbocycles. The highest BCUT2D eigenvalue weighted by Gasteiger charge is 2.12. The SMILES string of the molecule is C[C@@H](CC(=O)c1ccccc1)c1cccc(Cl)c1. The van der Waals surface area contributed by atoms with E-state index in [4.69, 9.17) is 11.6 Å². The van der Waals surface area contributed by atoms with E-state index in [2.05, 4.69) is 0 Å². The third-order valence-corrected chi connectivity index (χ3v) is 3.24. The summed E-state index contributed by atoms with van der Waals surface area (Å²) in [5, 5.41) is 0.714. The van der Waals surface area contributed by atoms with Crippen LogP contribution in [0.2, 0.25) is 5.02 Å². The van der Waals surface area contributed by atoms with Crippen LogP contribution in [0, 0.1) is 0 Å². The summed E-state index contributed by atoms with van der Waals surface area (Å²) in [5.74, 6) is 0.347. The molecular weight excluding hydrogens is 244 g/mol. The monoisotopic (exact) mass is 258 g/mol. The summed E-state index contributed by atoms with van der Waals surface area (Å²) < 4.78 is 0. The van der Waals surface area contributed by atoms with E-state index in [0.29, 0.717) is 11.4 Å². The van der Waals surface area contributed by atoms with Gasteiger partial charge in [0.2, 0.25) is 0 Å². The third-order valence-electron chi connectivity index (χ3n) is 3.01. The van der Waals surface area contributed by atoms with Gasteiger partial charge in [-0.2, -0.15) is 0 Å². The Balaban J connectivity index is 2.08. The molecule has 0 aromatic heterocycles. The first-order valence-electron chi connectivity index (χ1n) is 6.00. The summed E-state index contributed by atoms with van der Waals surface area (Å²) in [6, 6.07) is 17.1. The Morgan fingerprint density at radius 3 is 2.50 bits per heavy atom. The second kappa shape index (κ2) is 5.83. The standard InChI is InChI=1S/C16H15ClO/c1-12(14-8-5-9-15(17)11-14)10-16(18)13-6-3-2-4-7-13/h2-9,11-12H,10H2,1H3/t12-/m0/s1. The van der Waals surface area contributed by atoms with Crippen molar-refractivity contribution in [1.29, 1.82) is 0 Å². The summed E-state index contributed by atoms with van der Waals surface area (Å²) in [4.78, 5) is 12.1. The lowest BCUT2D eigenvalue weighted by molar-refractivity contribution is 0.0975. The molecule has 0 N–H and O–H groups in total. The summed E-state index contributed by atoms with van der Waals surface area (Å²) in [7, 11) is 0. The second-order valence-corrected chi connectivity index (χ2v) is 4.89. The number of halogens is 1. The van der Waals surface area contributed by atoms with Crippen molar-refractivity contribution in [3.8, 4) is 0 Å². The molecule has 1 atom stereocenters. The molecule has 2 aromatic carbocycles. The Kier molecular flexibility index (Phi) is 4.16. The van der Waals surface area contributed by atoms with Crippen LogP contribution in [0.5, 0.6) is 0 Å². The Bertz CT molecular complexity index is 534. The van der Waals surface area contributed by atoms with Crippen molar-refractivity contribution < 1.29 is 4.79 Å². The van der Waals surface area contributed by atoms with Crippen molar-refractivity contribution in [3.63, 3.8) is 0 Å². The zero-order valence-corrected chi connectivity index (χ0v) is 11.0. The Morgan fingerprint density at radius 2 is 1.83 bits per heavy atom. The van der Waals surface area contributed by atoms with Crippen LogP contribution in [0.4, 0.5) is 0 Å². The van der Waals surface area contributed by atoms with E-state index in [0.717, 1.165) is 11.1 Å². The molecule has 0 aliphatic heterocycles. The van der Waals surface area contributed by atoms with Crippen LogP contribution < -0.4 is 0 Å². The van der Waals surface area contributed by atoms with Gasteiger partial charge in [-0.25, -0.2) is 0 Å². The molecule has 0 amide bonds. The van der Waals surface area contributed by atoms with Crippen LogP contribution in [-0.2, 0) is 0 Å². The van der Waals surface area contributed by atoms with Gasteiger partial charge in [0.25, 0.3) is 0 Å². The predicted octanol–water partition coefficient (Wildman–Crippen LogP) is 4.72. The van der Waals surface area contributed by atoms with Gasteiger partial charge in [-0.15, -0.1) is 0 Å². The number of ketones is 1. The van der Waals surface area contributed by atoms with Crippen molar-refractivity contribution in [2.24, 2.45) is 0 Å². The smallest absolute Gasteiger partial charge is 0.163 e. The van der Waals surface area contributed by atoms with Gasteiger partial charge in [-0.1, -0.05) is 61.0 Å². The average molecular weight is 259 g/mol. The summed E-state index contributed by atoms with van der Waals surface area (Å²) in [5.41, 5.74) is 1.87. The molecule has 18 heavy (non-hydrogen) atoms. The number of carbonyl (C=O) groups excluding carboxylic acids is 1. The van der Waals surface area contributed by atoms with Crippen molar-refractivity contribution in [2.45, 2.75) is 19.3 Å². The molecule has 0 unspecified atom stereocenters. The molecule has 0 bridgehead atoms. The number of rotatable bonds is 4. The topological polar surface area (TPSA) is 17.1 Å². The lowest BCUT2D eigenvalue weighted by Gasteiger charge is -2.11. The van der Waals surface area contributed by atoms with Crippen LogP contribution in [0.25, 0.3) is 0 Å². The third kappa shape index (κ3) is 3.21. The van der Waals surface area contributed by atoms with Crippen LogP contribution in [0.1, 0.15) is 35.2 Å². The first kappa shape index (κ1) is 12.8. The van der Waals surface area contributed by atoms with E-state index >= 15 is 0 Å². The zero-order chi connectivity index (χ0) is 13.0. The van der Waals surface area contributed by atoms with Crippen LogP contribution >= 0.6 is 11.6 Å². The van der Waals surface area contributed by atoms with Crippen LogP contribution in [0.3, 0.4) is 0 Å². The molecule has 0 fully saturated rings. The first-order valence-corrected chi connectivity index (χ1v) is 6.38. The van der Waals surface area contributed by atoms with Gasteiger partial charge in [-0.05, 0) is 23.6 Å². The van der Waals surface area contributed by atoms with E-state index in [1.165, 1.54) is 0 Å². The highest BCUT2D eigenvalue weighted by Crippen LogP contribution is 2.23. The number of carbonyl (C=O) groups is 1. The van der Waals surface area contributed by atoms with Crippen molar-refractivity contribution in [3.05, 3.63) is 70.7 Å². The highest BCUT2D eigenvalue weighted by molar-refractivity contribution is 6.30. The van der Waals surface area contributed by atoms with Gasteiger partial charge in [0.05, 0.1) is 0 Å². The molecule has 0 heterocycles. The molecule has 0 aliphatic carbocycles. The summed E-state index contributed by atoms with van der Waals surface area (Å²) in [6.07, 6.45) is 0.504. The van der Waals surface area contributed by atoms with Gasteiger partial charge >= 0.3 is 0 Å². The first-order chi connectivity index (χ1) is 8.66. The van der Waals surface area contributed by atoms with Crippen LogP contribution in [0.15, 0.2) is 54.6 Å². The van der Waals surface area contributed by atoms with Gasteiger partial charge < -0.3 is 0 Å². The van der Waals surface area contributed by atoms with Crippen molar-refractivity contribution >= 4 is 17.4 Å². The van der Waals surface area contributed by atoms with E-state index < -0.39 is 0 Å². The molecule has 0 aliphatic rings. The van der Waals surface area contributed by atoms with Crippen molar-refractivity contribution in [1.82, 2.24) is 0 Å². The van der Waals surface area contributed by atoms with Gasteiger partial charge in [0.1, 0.15) is 0 Å². The van der Waals surface area contributed by atoms with E-state index in [1.54, 1.807) is 0 Å². The van der Waals surface area contributed by atoms with E-state index in [9.17, 15) is 4.79 Å². The Hall–Kier alpha value is -1.60. The Morgan fingerprint density at radius 1 is 1.11 bits per heavy atom. The summed E-state index contributed by atoms with van der Waals surface area (Å²) in [6.45, 7) is 2.05. The van der Waals surface area contributed by atoms with Gasteiger partial charge in [0.15, 0.2) is 5.78 Å². The number of Topliss-reactive ketones (excluding diaryl/α,β-unsaturated/α-hetero) is 1. The predicted molar refractivity (Wildman–Crippen MR) is 75.3 cm³/mol. The maximum Gasteiger partial charge on any atom is 0.163 e. The molecule has 2 aromatic rings. The number of hydrogen-bond acceptors (Lipinski definition) is 1. The molecule has 2 rings (SSSR count). The maximum atomic E-state index is 12.1. The highest BCUT2D eigenvalue weighted by atomic mass is 35.5. The van der Waals surface area contributed by atoms with Gasteiger partial charge in [-0.3, -0.25) is 4.79 Å². The molecule has 0 radical (unpaired) electrons. The number of hydrogen-bond donors (Lipinski definition) is 0. The van der Waals surface area contributed by atoms with Gasteiger partial charge in [0, 0.05) is 17.0 Å². The maximum absolute atomic E-state index is 12.1. The number of benzene rings is 2. The zero-order valence-electron chi connectivity index (χ0n) is 10.3. The molecule has 2 heteroatoms. The van der Waals surface area contributed by atoms with E-state index in [-0.39, 0.29) is 11.7 Å². The minimum Gasteiger partial charge on any atom is -0.294 e. The minimum absolute atomic E-state index is 0.170. The van der Waals surface area contributed by atoms with E-state index in [1.807, 2.05) is 61.5 Å². The minimum atomic E-state index is 0.170. The van der Waals surface area contributed by atoms with Crippen LogP contribution in [-0.4, -0.2) is 5.78 Å². The quantitative estimate of drug-likeness (QED) is 0.726. The molecule has 0 spiro atoms. The largest absolute Gasteiger partial charge is 0.294 e. The van der Waals surface area contributed by atoms with Crippen molar-refractivity contribution in [2.75, 3.05) is 0 Å². The molecular formula is C16H15ClO.